The SMILES string of the molecule is Cl.O=C(CC1CCNCC1)Nc1ccccc1-c1ccccc1. The first-order valence-electron chi connectivity index (χ1n) is 7.98. The third-order valence-corrected chi connectivity index (χ3v) is 4.22. The Morgan fingerprint density at radius 2 is 1.65 bits per heavy atom. The molecule has 1 aliphatic rings. The summed E-state index contributed by atoms with van der Waals surface area (Å²) in [6.07, 6.45) is 2.80. The van der Waals surface area contributed by atoms with Crippen LogP contribution < -0.4 is 10.6 Å². The Kier molecular flexibility index (Phi) is 6.63. The number of anilines is 1. The zero-order valence-electron chi connectivity index (χ0n) is 13.1. The van der Waals surface area contributed by atoms with Crippen LogP contribution in [0.25, 0.3) is 11.1 Å². The summed E-state index contributed by atoms with van der Waals surface area (Å²) in [6.45, 7) is 2.05. The number of hydrogen-bond donors (Lipinski definition) is 2. The van der Waals surface area contributed by atoms with Crippen LogP contribution in [-0.2, 0) is 4.79 Å². The van der Waals surface area contributed by atoms with E-state index < -0.39 is 0 Å². The smallest absolute Gasteiger partial charge is 0.224 e. The highest BCUT2D eigenvalue weighted by Crippen LogP contribution is 2.28. The first kappa shape index (κ1) is 17.5. The second kappa shape index (κ2) is 8.70. The number of piperidine rings is 1. The van der Waals surface area contributed by atoms with Gasteiger partial charge in [0.1, 0.15) is 0 Å². The summed E-state index contributed by atoms with van der Waals surface area (Å²) in [5.41, 5.74) is 3.09. The molecule has 2 aromatic carbocycles. The van der Waals surface area contributed by atoms with Crippen LogP contribution in [0.1, 0.15) is 19.3 Å². The van der Waals surface area contributed by atoms with Crippen molar-refractivity contribution in [2.45, 2.75) is 19.3 Å². The van der Waals surface area contributed by atoms with Crippen LogP contribution in [0.4, 0.5) is 5.69 Å². The summed E-state index contributed by atoms with van der Waals surface area (Å²) >= 11 is 0. The van der Waals surface area contributed by atoms with Crippen molar-refractivity contribution in [1.29, 1.82) is 0 Å². The fourth-order valence-electron chi connectivity index (χ4n) is 3.01. The molecule has 2 N–H and O–H groups in total. The van der Waals surface area contributed by atoms with E-state index in [-0.39, 0.29) is 18.3 Å². The van der Waals surface area contributed by atoms with Gasteiger partial charge < -0.3 is 10.6 Å². The number of carbonyl (C=O) groups excluding carboxylic acids is 1. The maximum absolute atomic E-state index is 12.3. The van der Waals surface area contributed by atoms with Crippen LogP contribution in [0.2, 0.25) is 0 Å². The van der Waals surface area contributed by atoms with E-state index in [2.05, 4.69) is 28.8 Å². The quantitative estimate of drug-likeness (QED) is 0.886. The second-order valence-electron chi connectivity index (χ2n) is 5.86. The minimum atomic E-state index is 0. The summed E-state index contributed by atoms with van der Waals surface area (Å²) < 4.78 is 0. The van der Waals surface area contributed by atoms with E-state index in [0.717, 1.165) is 42.7 Å². The molecule has 0 radical (unpaired) electrons. The Balaban J connectivity index is 0.00000192. The van der Waals surface area contributed by atoms with E-state index in [1.807, 2.05) is 36.4 Å². The number of amides is 1. The monoisotopic (exact) mass is 330 g/mol. The van der Waals surface area contributed by atoms with E-state index in [9.17, 15) is 4.79 Å². The molecule has 23 heavy (non-hydrogen) atoms. The third kappa shape index (κ3) is 4.81. The van der Waals surface area contributed by atoms with Gasteiger partial charge in [0.15, 0.2) is 0 Å². The average Bonchev–Trinajstić information content (AvgIpc) is 2.57. The highest BCUT2D eigenvalue weighted by atomic mass is 35.5. The van der Waals surface area contributed by atoms with Crippen LogP contribution in [-0.4, -0.2) is 19.0 Å². The number of nitrogens with one attached hydrogen (secondary N) is 2. The molecule has 1 aliphatic heterocycles. The van der Waals surface area contributed by atoms with Crippen molar-refractivity contribution in [3.05, 3.63) is 54.6 Å². The van der Waals surface area contributed by atoms with E-state index in [0.29, 0.717) is 12.3 Å². The van der Waals surface area contributed by atoms with Gasteiger partial charge in [0, 0.05) is 17.7 Å². The minimum Gasteiger partial charge on any atom is -0.326 e. The van der Waals surface area contributed by atoms with E-state index in [1.54, 1.807) is 0 Å². The summed E-state index contributed by atoms with van der Waals surface area (Å²) in [5.74, 6) is 0.625. The first-order chi connectivity index (χ1) is 10.8. The number of carbonyl (C=O) groups is 1. The van der Waals surface area contributed by atoms with Crippen molar-refractivity contribution in [2.75, 3.05) is 18.4 Å². The van der Waals surface area contributed by atoms with Crippen molar-refractivity contribution in [2.24, 2.45) is 5.92 Å². The van der Waals surface area contributed by atoms with Gasteiger partial charge >= 0.3 is 0 Å². The predicted octanol–water partition coefficient (Wildman–Crippen LogP) is 4.10. The lowest BCUT2D eigenvalue weighted by atomic mass is 9.94. The lowest BCUT2D eigenvalue weighted by molar-refractivity contribution is -0.117. The molecule has 2 aromatic rings. The van der Waals surface area contributed by atoms with Gasteiger partial charge in [-0.2, -0.15) is 0 Å². The Morgan fingerprint density at radius 1 is 1.00 bits per heavy atom. The summed E-state index contributed by atoms with van der Waals surface area (Å²) in [6, 6.07) is 18.2. The zero-order valence-corrected chi connectivity index (χ0v) is 13.9. The molecular weight excluding hydrogens is 308 g/mol. The summed E-state index contributed by atoms with van der Waals surface area (Å²) in [4.78, 5) is 12.3. The number of rotatable bonds is 4. The topological polar surface area (TPSA) is 41.1 Å². The molecule has 0 atom stereocenters. The van der Waals surface area contributed by atoms with Crippen molar-refractivity contribution < 1.29 is 4.79 Å². The third-order valence-electron chi connectivity index (χ3n) is 4.22. The van der Waals surface area contributed by atoms with Crippen LogP contribution in [0.3, 0.4) is 0 Å². The Hall–Kier alpha value is -1.84. The lowest BCUT2D eigenvalue weighted by Crippen LogP contribution is -2.30. The molecule has 0 aliphatic carbocycles. The number of benzene rings is 2. The van der Waals surface area contributed by atoms with Crippen molar-refractivity contribution in [1.82, 2.24) is 5.32 Å². The molecule has 3 nitrogen and oxygen atoms in total. The maximum Gasteiger partial charge on any atom is 0.224 e. The number of halogens is 1. The van der Waals surface area contributed by atoms with Gasteiger partial charge in [0.25, 0.3) is 0 Å². The number of para-hydroxylation sites is 1. The van der Waals surface area contributed by atoms with Gasteiger partial charge in [0.05, 0.1) is 0 Å². The molecule has 0 aromatic heterocycles. The highest BCUT2D eigenvalue weighted by molar-refractivity contribution is 5.95. The van der Waals surface area contributed by atoms with E-state index >= 15 is 0 Å². The molecule has 0 unspecified atom stereocenters. The maximum atomic E-state index is 12.3. The molecule has 1 amide bonds. The molecule has 1 fully saturated rings. The molecule has 0 saturated carbocycles. The zero-order chi connectivity index (χ0) is 15.2. The van der Waals surface area contributed by atoms with Crippen molar-refractivity contribution in [3.8, 4) is 11.1 Å². The van der Waals surface area contributed by atoms with Gasteiger partial charge in [-0.25, -0.2) is 0 Å². The fraction of sp³-hybridized carbons (Fsp3) is 0.316. The largest absolute Gasteiger partial charge is 0.326 e. The van der Waals surface area contributed by atoms with Gasteiger partial charge in [-0.3, -0.25) is 4.79 Å². The lowest BCUT2D eigenvalue weighted by Gasteiger charge is -2.22. The van der Waals surface area contributed by atoms with Crippen molar-refractivity contribution in [3.63, 3.8) is 0 Å². The molecule has 1 heterocycles. The molecule has 0 bridgehead atoms. The second-order valence-corrected chi connectivity index (χ2v) is 5.86. The van der Waals surface area contributed by atoms with Gasteiger partial charge in [0.2, 0.25) is 5.91 Å². The van der Waals surface area contributed by atoms with Gasteiger partial charge in [-0.1, -0.05) is 48.5 Å². The molecular formula is C19H23ClN2O. The van der Waals surface area contributed by atoms with Gasteiger partial charge in [-0.05, 0) is 43.5 Å². The van der Waals surface area contributed by atoms with Crippen molar-refractivity contribution >= 4 is 24.0 Å². The fourth-order valence-corrected chi connectivity index (χ4v) is 3.01. The minimum absolute atomic E-state index is 0. The molecule has 1 saturated heterocycles. The summed E-state index contributed by atoms with van der Waals surface area (Å²) in [5, 5.41) is 6.43. The van der Waals surface area contributed by atoms with Crippen LogP contribution in [0, 0.1) is 5.92 Å². The Bertz CT molecular complexity index is 624. The average molecular weight is 331 g/mol. The Labute approximate surface area is 143 Å². The van der Waals surface area contributed by atoms with E-state index in [4.69, 9.17) is 0 Å². The molecule has 4 heteroatoms. The molecule has 122 valence electrons. The first-order valence-corrected chi connectivity index (χ1v) is 7.98. The van der Waals surface area contributed by atoms with Gasteiger partial charge in [-0.15, -0.1) is 12.4 Å². The van der Waals surface area contributed by atoms with Crippen LogP contribution >= 0.6 is 12.4 Å². The predicted molar refractivity (Wildman–Crippen MR) is 98.0 cm³/mol. The van der Waals surface area contributed by atoms with Crippen LogP contribution in [0.5, 0.6) is 0 Å². The number of hydrogen-bond acceptors (Lipinski definition) is 2. The highest BCUT2D eigenvalue weighted by Gasteiger charge is 2.17. The summed E-state index contributed by atoms with van der Waals surface area (Å²) in [7, 11) is 0. The van der Waals surface area contributed by atoms with Crippen LogP contribution in [0.15, 0.2) is 54.6 Å². The standard InChI is InChI=1S/C19H22N2O.ClH/c22-19(14-15-10-12-20-13-11-15)21-18-9-5-4-8-17(18)16-6-2-1-3-7-16;/h1-9,15,20H,10-14H2,(H,21,22);1H. The van der Waals surface area contributed by atoms with E-state index in [1.165, 1.54) is 0 Å². The Morgan fingerprint density at radius 3 is 2.39 bits per heavy atom. The normalized spacial score (nSPS) is 14.8. The molecule has 0 spiro atoms. The molecule has 3 rings (SSSR count).